The van der Waals surface area contributed by atoms with E-state index < -0.39 is 5.54 Å². The molecule has 2 aromatic rings. The van der Waals surface area contributed by atoms with Crippen molar-refractivity contribution in [2.75, 3.05) is 7.11 Å². The molecule has 23 heavy (non-hydrogen) atoms. The van der Waals surface area contributed by atoms with E-state index in [9.17, 15) is 0 Å². The van der Waals surface area contributed by atoms with Crippen LogP contribution in [-0.4, -0.2) is 17.3 Å². The molecule has 1 heterocycles. The fraction of sp³-hybridized carbons (Fsp3) is 0.412. The minimum absolute atomic E-state index is 0. The van der Waals surface area contributed by atoms with Crippen LogP contribution in [0.3, 0.4) is 0 Å². The largest absolute Gasteiger partial charge is 0.497 e. The third-order valence-electron chi connectivity index (χ3n) is 4.27. The number of hydrogen-bond donors (Lipinski definition) is 1. The van der Waals surface area contributed by atoms with Crippen molar-refractivity contribution in [3.05, 3.63) is 41.5 Å². The van der Waals surface area contributed by atoms with Crippen molar-refractivity contribution in [2.24, 2.45) is 5.73 Å². The van der Waals surface area contributed by atoms with Gasteiger partial charge >= 0.3 is 0 Å². The average Bonchev–Trinajstić information content (AvgIpc) is 3.17. The Morgan fingerprint density at radius 1 is 1.26 bits per heavy atom. The first-order valence-corrected chi connectivity index (χ1v) is 7.56. The lowest BCUT2D eigenvalue weighted by Crippen LogP contribution is -2.34. The first-order valence-electron chi connectivity index (χ1n) is 7.56. The predicted molar refractivity (Wildman–Crippen MR) is 92.4 cm³/mol. The molecular weight excluding hydrogens is 314 g/mol. The average molecular weight is 336 g/mol. The molecular formula is C17H22ClN3O2. The molecule has 0 spiro atoms. The Bertz CT molecular complexity index is 673. The summed E-state index contributed by atoms with van der Waals surface area (Å²) < 4.78 is 10.5. The van der Waals surface area contributed by atoms with Crippen LogP contribution in [0.4, 0.5) is 0 Å². The van der Waals surface area contributed by atoms with Crippen LogP contribution < -0.4 is 10.5 Å². The molecule has 1 fully saturated rings. The standard InChI is InChI=1S/C17H21N3O2.ClH/c1-12(13-5-7-14(21-2)8-6-13)11-15-19-16(20-22-15)17(18)9-3-4-10-17;/h5-8,11H,3-4,9-10,18H2,1-2H3;1H/b12-11+;. The van der Waals surface area contributed by atoms with Crippen molar-refractivity contribution in [2.45, 2.75) is 38.1 Å². The van der Waals surface area contributed by atoms with Crippen molar-refractivity contribution in [3.8, 4) is 5.75 Å². The van der Waals surface area contributed by atoms with E-state index in [1.807, 2.05) is 37.3 Å². The van der Waals surface area contributed by atoms with E-state index in [0.717, 1.165) is 42.6 Å². The smallest absolute Gasteiger partial charge is 0.250 e. The molecule has 0 amide bonds. The van der Waals surface area contributed by atoms with Crippen molar-refractivity contribution in [1.82, 2.24) is 10.1 Å². The van der Waals surface area contributed by atoms with Gasteiger partial charge in [0.15, 0.2) is 5.82 Å². The molecule has 0 saturated heterocycles. The highest BCUT2D eigenvalue weighted by molar-refractivity contribution is 5.85. The van der Waals surface area contributed by atoms with Gasteiger partial charge in [-0.15, -0.1) is 12.4 Å². The summed E-state index contributed by atoms with van der Waals surface area (Å²) >= 11 is 0. The van der Waals surface area contributed by atoms with Crippen LogP contribution in [0.2, 0.25) is 0 Å². The highest BCUT2D eigenvalue weighted by Gasteiger charge is 2.35. The molecule has 1 aromatic heterocycles. The number of allylic oxidation sites excluding steroid dienone is 1. The van der Waals surface area contributed by atoms with Gasteiger partial charge in [0.1, 0.15) is 5.75 Å². The monoisotopic (exact) mass is 335 g/mol. The first-order chi connectivity index (χ1) is 10.6. The second-order valence-corrected chi connectivity index (χ2v) is 5.88. The van der Waals surface area contributed by atoms with E-state index in [-0.39, 0.29) is 12.4 Å². The SMILES string of the molecule is COc1ccc(/C(C)=C/c2nc(C3(N)CCCC3)no2)cc1.Cl. The van der Waals surface area contributed by atoms with Crippen molar-refractivity contribution >= 4 is 24.1 Å². The third-order valence-corrected chi connectivity index (χ3v) is 4.27. The minimum Gasteiger partial charge on any atom is -0.497 e. The Hall–Kier alpha value is -1.85. The molecule has 0 unspecified atom stereocenters. The molecule has 1 aromatic carbocycles. The van der Waals surface area contributed by atoms with Crippen molar-refractivity contribution in [1.29, 1.82) is 0 Å². The molecule has 0 atom stereocenters. The topological polar surface area (TPSA) is 74.2 Å². The molecule has 1 aliphatic carbocycles. The number of nitrogens with zero attached hydrogens (tertiary/aromatic N) is 2. The zero-order valence-corrected chi connectivity index (χ0v) is 14.2. The minimum atomic E-state index is -0.413. The number of ether oxygens (including phenoxy) is 1. The number of benzene rings is 1. The molecule has 0 bridgehead atoms. The summed E-state index contributed by atoms with van der Waals surface area (Å²) in [4.78, 5) is 4.46. The molecule has 1 aliphatic rings. The van der Waals surface area contributed by atoms with Crippen LogP contribution in [0, 0.1) is 0 Å². The summed E-state index contributed by atoms with van der Waals surface area (Å²) in [6.07, 6.45) is 5.99. The summed E-state index contributed by atoms with van der Waals surface area (Å²) in [5.74, 6) is 1.96. The highest BCUT2D eigenvalue weighted by Crippen LogP contribution is 2.34. The van der Waals surface area contributed by atoms with Gasteiger partial charge in [-0.1, -0.05) is 30.1 Å². The van der Waals surface area contributed by atoms with Crippen molar-refractivity contribution in [3.63, 3.8) is 0 Å². The zero-order valence-electron chi connectivity index (χ0n) is 13.4. The lowest BCUT2D eigenvalue weighted by atomic mass is 9.99. The fourth-order valence-corrected chi connectivity index (χ4v) is 2.85. The van der Waals surface area contributed by atoms with Crippen molar-refractivity contribution < 1.29 is 9.26 Å². The van der Waals surface area contributed by atoms with E-state index in [4.69, 9.17) is 15.0 Å². The quantitative estimate of drug-likeness (QED) is 0.920. The van der Waals surface area contributed by atoms with Gasteiger partial charge in [0.2, 0.25) is 0 Å². The van der Waals surface area contributed by atoms with Gasteiger partial charge in [0.25, 0.3) is 5.89 Å². The van der Waals surface area contributed by atoms with Crippen LogP contribution in [-0.2, 0) is 5.54 Å². The van der Waals surface area contributed by atoms with Gasteiger partial charge in [-0.2, -0.15) is 4.98 Å². The lowest BCUT2D eigenvalue weighted by molar-refractivity contribution is 0.364. The van der Waals surface area contributed by atoms with Gasteiger partial charge in [-0.25, -0.2) is 0 Å². The Labute approximate surface area is 142 Å². The number of aromatic nitrogens is 2. The summed E-state index contributed by atoms with van der Waals surface area (Å²) in [5.41, 5.74) is 8.07. The van der Waals surface area contributed by atoms with Crippen LogP contribution in [0.5, 0.6) is 5.75 Å². The van der Waals surface area contributed by atoms with E-state index in [1.54, 1.807) is 7.11 Å². The van der Waals surface area contributed by atoms with Gasteiger partial charge in [0.05, 0.1) is 12.6 Å². The maximum absolute atomic E-state index is 6.35. The lowest BCUT2D eigenvalue weighted by Gasteiger charge is -2.17. The summed E-state index contributed by atoms with van der Waals surface area (Å²) in [6, 6.07) is 7.87. The molecule has 2 N–H and O–H groups in total. The number of halogens is 1. The molecule has 5 nitrogen and oxygen atoms in total. The summed E-state index contributed by atoms with van der Waals surface area (Å²) in [5, 5.41) is 4.07. The van der Waals surface area contributed by atoms with Gasteiger partial charge < -0.3 is 15.0 Å². The molecule has 0 aliphatic heterocycles. The maximum atomic E-state index is 6.35. The second kappa shape index (κ2) is 7.15. The first kappa shape index (κ1) is 17.5. The van der Waals surface area contributed by atoms with Gasteiger partial charge in [-0.05, 0) is 43.0 Å². The number of hydrogen-bond acceptors (Lipinski definition) is 5. The number of rotatable bonds is 4. The van der Waals surface area contributed by atoms with Gasteiger partial charge in [-0.3, -0.25) is 0 Å². The Kier molecular flexibility index (Phi) is 5.44. The number of methoxy groups -OCH3 is 1. The fourth-order valence-electron chi connectivity index (χ4n) is 2.85. The highest BCUT2D eigenvalue weighted by atomic mass is 35.5. The molecule has 3 rings (SSSR count). The maximum Gasteiger partial charge on any atom is 0.250 e. The van der Waals surface area contributed by atoms with Crippen LogP contribution in [0.1, 0.15) is 49.9 Å². The summed E-state index contributed by atoms with van der Waals surface area (Å²) in [6.45, 7) is 2.01. The zero-order chi connectivity index (χ0) is 15.6. The molecule has 0 radical (unpaired) electrons. The van der Waals surface area contributed by atoms with Gasteiger partial charge in [0, 0.05) is 6.08 Å². The predicted octanol–water partition coefficient (Wildman–Crippen LogP) is 3.79. The Balaban J connectivity index is 0.00000192. The summed E-state index contributed by atoms with van der Waals surface area (Å²) in [7, 11) is 1.66. The Morgan fingerprint density at radius 2 is 1.91 bits per heavy atom. The van der Waals surface area contributed by atoms with Crippen LogP contribution >= 0.6 is 12.4 Å². The number of nitrogens with two attached hydrogens (primary N) is 1. The van der Waals surface area contributed by atoms with E-state index in [0.29, 0.717) is 11.7 Å². The Morgan fingerprint density at radius 3 is 2.52 bits per heavy atom. The normalized spacial score (nSPS) is 16.9. The molecule has 1 saturated carbocycles. The van der Waals surface area contributed by atoms with Crippen LogP contribution in [0.25, 0.3) is 11.6 Å². The molecule has 124 valence electrons. The van der Waals surface area contributed by atoms with E-state index >= 15 is 0 Å². The van der Waals surface area contributed by atoms with Crippen LogP contribution in [0.15, 0.2) is 28.8 Å². The third kappa shape index (κ3) is 3.74. The van der Waals surface area contributed by atoms with E-state index in [2.05, 4.69) is 10.1 Å². The van der Waals surface area contributed by atoms with E-state index in [1.165, 1.54) is 0 Å². The molecule has 6 heteroatoms. The second-order valence-electron chi connectivity index (χ2n) is 5.88.